The molecule has 0 N–H and O–H groups in total. The molecule has 0 amide bonds. The number of nitrogens with zero attached hydrogens (tertiary/aromatic N) is 1. The van der Waals surface area contributed by atoms with Crippen molar-refractivity contribution in [3.63, 3.8) is 0 Å². The molecule has 0 aromatic heterocycles. The summed E-state index contributed by atoms with van der Waals surface area (Å²) in [6.07, 6.45) is 7.54. The van der Waals surface area contributed by atoms with Crippen LogP contribution in [0.15, 0.2) is 0 Å². The Kier molecular flexibility index (Phi) is 2.69. The Morgan fingerprint density at radius 2 is 1.83 bits per heavy atom. The molecule has 2 aliphatic rings. The van der Waals surface area contributed by atoms with Gasteiger partial charge in [0.1, 0.15) is 0 Å². The highest BCUT2D eigenvalue weighted by atomic mass is 15.1. The van der Waals surface area contributed by atoms with E-state index in [2.05, 4.69) is 11.8 Å². The van der Waals surface area contributed by atoms with Gasteiger partial charge in [-0.25, -0.2) is 0 Å². The van der Waals surface area contributed by atoms with Gasteiger partial charge in [-0.15, -0.1) is 0 Å². The fraction of sp³-hybridized carbons (Fsp3) is 1.00. The molecule has 1 aliphatic heterocycles. The number of hydrogen-bond donors (Lipinski definition) is 0. The molecule has 1 atom stereocenters. The molecular formula is C11H21N. The second-order valence-electron chi connectivity index (χ2n) is 4.49. The predicted octanol–water partition coefficient (Wildman–Crippen LogP) is 2.52. The third kappa shape index (κ3) is 1.66. The van der Waals surface area contributed by atoms with Crippen LogP contribution in [0.1, 0.15) is 39.0 Å². The van der Waals surface area contributed by atoms with E-state index in [9.17, 15) is 0 Å². The van der Waals surface area contributed by atoms with Gasteiger partial charge < -0.3 is 4.90 Å². The summed E-state index contributed by atoms with van der Waals surface area (Å²) in [7, 11) is 0. The number of piperidine rings is 1. The quantitative estimate of drug-likeness (QED) is 0.611. The Morgan fingerprint density at radius 3 is 2.42 bits per heavy atom. The van der Waals surface area contributed by atoms with E-state index >= 15 is 0 Å². The molecule has 1 heteroatoms. The maximum atomic E-state index is 2.63. The van der Waals surface area contributed by atoms with Crippen LogP contribution in [0.5, 0.6) is 0 Å². The molecule has 0 spiro atoms. The summed E-state index contributed by atoms with van der Waals surface area (Å²) in [5.74, 6) is 2.17. The molecule has 1 unspecified atom stereocenters. The van der Waals surface area contributed by atoms with Gasteiger partial charge in [0.15, 0.2) is 0 Å². The van der Waals surface area contributed by atoms with E-state index < -0.39 is 0 Å². The van der Waals surface area contributed by atoms with Crippen LogP contribution in [0, 0.1) is 11.8 Å². The smallest absolute Gasteiger partial charge is 0.00122 e. The first-order valence-corrected chi connectivity index (χ1v) is 5.62. The van der Waals surface area contributed by atoms with Crippen molar-refractivity contribution < 1.29 is 0 Å². The maximum absolute atomic E-state index is 2.63. The monoisotopic (exact) mass is 167 g/mol. The van der Waals surface area contributed by atoms with E-state index in [1.54, 1.807) is 0 Å². The minimum atomic E-state index is 1.06. The molecule has 0 aromatic rings. The van der Waals surface area contributed by atoms with E-state index in [-0.39, 0.29) is 0 Å². The van der Waals surface area contributed by atoms with Gasteiger partial charge >= 0.3 is 0 Å². The van der Waals surface area contributed by atoms with E-state index in [4.69, 9.17) is 0 Å². The van der Waals surface area contributed by atoms with Gasteiger partial charge in [-0.1, -0.05) is 26.2 Å². The molecule has 1 heterocycles. The SMILES string of the molecule is CCN1CCCC(C2CCC2)C1. The van der Waals surface area contributed by atoms with Gasteiger partial charge in [0.25, 0.3) is 0 Å². The van der Waals surface area contributed by atoms with Crippen molar-refractivity contribution in [2.45, 2.75) is 39.0 Å². The largest absolute Gasteiger partial charge is 0.303 e. The number of hydrogen-bond acceptors (Lipinski definition) is 1. The highest BCUT2D eigenvalue weighted by Crippen LogP contribution is 2.37. The van der Waals surface area contributed by atoms with Crippen molar-refractivity contribution in [2.75, 3.05) is 19.6 Å². The van der Waals surface area contributed by atoms with Crippen LogP contribution in [-0.4, -0.2) is 24.5 Å². The standard InChI is InChI=1S/C11H21N/c1-2-12-8-4-7-11(9-12)10-5-3-6-10/h10-11H,2-9H2,1H3. The molecular weight excluding hydrogens is 146 g/mol. The van der Waals surface area contributed by atoms with Crippen molar-refractivity contribution in [2.24, 2.45) is 11.8 Å². The van der Waals surface area contributed by atoms with Crippen molar-refractivity contribution in [3.05, 3.63) is 0 Å². The lowest BCUT2D eigenvalue weighted by molar-refractivity contribution is 0.0993. The van der Waals surface area contributed by atoms with E-state index in [1.807, 2.05) is 0 Å². The van der Waals surface area contributed by atoms with Gasteiger partial charge in [-0.2, -0.15) is 0 Å². The van der Waals surface area contributed by atoms with Crippen molar-refractivity contribution in [1.82, 2.24) is 4.90 Å². The van der Waals surface area contributed by atoms with Gasteiger partial charge in [-0.05, 0) is 37.8 Å². The van der Waals surface area contributed by atoms with Crippen molar-refractivity contribution in [3.8, 4) is 0 Å². The van der Waals surface area contributed by atoms with Crippen molar-refractivity contribution in [1.29, 1.82) is 0 Å². The third-order valence-corrected chi connectivity index (χ3v) is 3.81. The molecule has 1 nitrogen and oxygen atoms in total. The van der Waals surface area contributed by atoms with Gasteiger partial charge in [0, 0.05) is 6.54 Å². The summed E-state index contributed by atoms with van der Waals surface area (Å²) in [6, 6.07) is 0. The molecule has 0 radical (unpaired) electrons. The summed E-state index contributed by atoms with van der Waals surface area (Å²) >= 11 is 0. The topological polar surface area (TPSA) is 3.24 Å². The van der Waals surface area contributed by atoms with E-state index in [1.165, 1.54) is 51.7 Å². The fourth-order valence-corrected chi connectivity index (χ4v) is 2.67. The molecule has 0 bridgehead atoms. The first kappa shape index (κ1) is 8.55. The maximum Gasteiger partial charge on any atom is 0.00122 e. The van der Waals surface area contributed by atoms with Gasteiger partial charge in [0.2, 0.25) is 0 Å². The normalized spacial score (nSPS) is 33.2. The molecule has 70 valence electrons. The number of likely N-dealkylation sites (tertiary alicyclic amines) is 1. The Labute approximate surface area is 76.1 Å². The van der Waals surface area contributed by atoms with Crippen LogP contribution in [0.25, 0.3) is 0 Å². The second kappa shape index (κ2) is 3.78. The Hall–Kier alpha value is -0.0400. The second-order valence-corrected chi connectivity index (χ2v) is 4.49. The molecule has 0 aromatic carbocycles. The first-order valence-electron chi connectivity index (χ1n) is 5.62. The highest BCUT2D eigenvalue weighted by molar-refractivity contribution is 4.82. The van der Waals surface area contributed by atoms with Crippen LogP contribution >= 0.6 is 0 Å². The van der Waals surface area contributed by atoms with E-state index in [0.717, 1.165) is 11.8 Å². The lowest BCUT2D eigenvalue weighted by Gasteiger charge is -2.40. The molecule has 1 saturated carbocycles. The fourth-order valence-electron chi connectivity index (χ4n) is 2.67. The Balaban J connectivity index is 1.81. The summed E-state index contributed by atoms with van der Waals surface area (Å²) in [6.45, 7) is 6.33. The molecule has 1 saturated heterocycles. The predicted molar refractivity (Wildman–Crippen MR) is 52.2 cm³/mol. The third-order valence-electron chi connectivity index (χ3n) is 3.81. The van der Waals surface area contributed by atoms with Crippen LogP contribution in [0.4, 0.5) is 0 Å². The lowest BCUT2D eigenvalue weighted by Crippen LogP contribution is -2.39. The van der Waals surface area contributed by atoms with Gasteiger partial charge in [0.05, 0.1) is 0 Å². The molecule has 2 rings (SSSR count). The average molecular weight is 167 g/mol. The summed E-state index contributed by atoms with van der Waals surface area (Å²) in [5.41, 5.74) is 0. The van der Waals surface area contributed by atoms with Crippen LogP contribution < -0.4 is 0 Å². The minimum Gasteiger partial charge on any atom is -0.303 e. The van der Waals surface area contributed by atoms with Crippen molar-refractivity contribution >= 4 is 0 Å². The zero-order valence-electron chi connectivity index (χ0n) is 8.26. The lowest BCUT2D eigenvalue weighted by atomic mass is 9.73. The van der Waals surface area contributed by atoms with Gasteiger partial charge in [-0.3, -0.25) is 0 Å². The zero-order chi connectivity index (χ0) is 8.39. The van der Waals surface area contributed by atoms with Crippen LogP contribution in [-0.2, 0) is 0 Å². The first-order chi connectivity index (χ1) is 5.90. The van der Waals surface area contributed by atoms with Crippen LogP contribution in [0.2, 0.25) is 0 Å². The minimum absolute atomic E-state index is 1.06. The summed E-state index contributed by atoms with van der Waals surface area (Å²) in [5, 5.41) is 0. The average Bonchev–Trinajstić information content (AvgIpc) is 2.02. The molecule has 12 heavy (non-hydrogen) atoms. The molecule has 2 fully saturated rings. The van der Waals surface area contributed by atoms with E-state index in [0.29, 0.717) is 0 Å². The molecule has 1 aliphatic carbocycles. The summed E-state index contributed by atoms with van der Waals surface area (Å²) < 4.78 is 0. The summed E-state index contributed by atoms with van der Waals surface area (Å²) in [4.78, 5) is 2.63. The van der Waals surface area contributed by atoms with Crippen LogP contribution in [0.3, 0.4) is 0 Å². The Bertz CT molecular complexity index is 140. The highest BCUT2D eigenvalue weighted by Gasteiger charge is 2.30. The Morgan fingerprint density at radius 1 is 1.08 bits per heavy atom. The number of rotatable bonds is 2. The zero-order valence-corrected chi connectivity index (χ0v) is 8.26.